The average Bonchev–Trinajstić information content (AvgIpc) is 2.61. The van der Waals surface area contributed by atoms with E-state index in [-0.39, 0.29) is 10.8 Å². The number of benzene rings is 1. The molecular weight excluding hydrogens is 374 g/mol. The molecule has 2 rings (SSSR count). The van der Waals surface area contributed by atoms with Gasteiger partial charge in [0.15, 0.2) is 0 Å². The summed E-state index contributed by atoms with van der Waals surface area (Å²) in [6.07, 6.45) is 1.98. The molecule has 3 N–H and O–H groups in total. The Morgan fingerprint density at radius 3 is 1.82 bits per heavy atom. The van der Waals surface area contributed by atoms with E-state index < -0.39 is 10.0 Å². The highest BCUT2D eigenvalue weighted by atomic mass is 32.2. The molecule has 1 aromatic carbocycles. The zero-order chi connectivity index (χ0) is 20.6. The minimum Gasteiger partial charge on any atom is -0.370 e. The van der Waals surface area contributed by atoms with Crippen molar-refractivity contribution < 1.29 is 8.42 Å². The van der Waals surface area contributed by atoms with Crippen LogP contribution in [0.5, 0.6) is 0 Å². The Kier molecular flexibility index (Phi) is 8.04. The van der Waals surface area contributed by atoms with Crippen LogP contribution in [0.4, 0.5) is 17.6 Å². The van der Waals surface area contributed by atoms with Crippen LogP contribution in [0.1, 0.15) is 40.5 Å². The van der Waals surface area contributed by atoms with Crippen molar-refractivity contribution in [1.82, 2.24) is 9.97 Å². The Bertz CT molecular complexity index is 807. The van der Waals surface area contributed by atoms with E-state index >= 15 is 0 Å². The molecule has 0 amide bonds. The number of nitrogens with zero attached hydrogens (tertiary/aromatic N) is 2. The van der Waals surface area contributed by atoms with Crippen molar-refractivity contribution in [2.75, 3.05) is 28.4 Å². The van der Waals surface area contributed by atoms with Gasteiger partial charge in [0.05, 0.1) is 4.90 Å². The molecule has 1 aromatic heterocycles. The van der Waals surface area contributed by atoms with Crippen LogP contribution in [0.2, 0.25) is 0 Å². The van der Waals surface area contributed by atoms with E-state index in [0.717, 1.165) is 25.9 Å². The summed E-state index contributed by atoms with van der Waals surface area (Å²) in [4.78, 5) is 8.84. The standard InChI is InChI=1S/C20H31N5O2S/c1-15(2)10-12-21-18-14-19(22-13-11-16(3)4)24-20(23-18)25-28(26,27)17-8-6-5-7-9-17/h5-9,14-16H,10-13H2,1-4H3,(H3,21,22,23,24,25). The highest BCUT2D eigenvalue weighted by Crippen LogP contribution is 2.18. The first kappa shape index (κ1) is 21.9. The molecule has 0 unspecified atom stereocenters. The Morgan fingerprint density at radius 1 is 0.857 bits per heavy atom. The minimum absolute atomic E-state index is 0.0467. The highest BCUT2D eigenvalue weighted by Gasteiger charge is 2.16. The lowest BCUT2D eigenvalue weighted by Crippen LogP contribution is -2.17. The molecule has 0 aliphatic rings. The number of sulfonamides is 1. The molecule has 8 heteroatoms. The van der Waals surface area contributed by atoms with E-state index in [1.807, 2.05) is 0 Å². The molecule has 28 heavy (non-hydrogen) atoms. The van der Waals surface area contributed by atoms with Crippen molar-refractivity contribution in [3.05, 3.63) is 36.4 Å². The fraction of sp³-hybridized carbons (Fsp3) is 0.500. The van der Waals surface area contributed by atoms with Crippen LogP contribution in [-0.4, -0.2) is 31.5 Å². The summed E-state index contributed by atoms with van der Waals surface area (Å²) in [5.74, 6) is 2.36. The molecular formula is C20H31N5O2S. The quantitative estimate of drug-likeness (QED) is 0.519. The molecule has 0 saturated carbocycles. The normalized spacial score (nSPS) is 11.6. The van der Waals surface area contributed by atoms with Crippen LogP contribution in [0.25, 0.3) is 0 Å². The molecule has 1 heterocycles. The second-order valence-corrected chi connectivity index (χ2v) is 9.28. The molecule has 154 valence electrons. The van der Waals surface area contributed by atoms with Gasteiger partial charge in [-0.3, -0.25) is 0 Å². The number of anilines is 3. The van der Waals surface area contributed by atoms with Crippen LogP contribution < -0.4 is 15.4 Å². The molecule has 0 spiro atoms. The largest absolute Gasteiger partial charge is 0.370 e. The Hall–Kier alpha value is -2.35. The summed E-state index contributed by atoms with van der Waals surface area (Å²) in [5, 5.41) is 6.51. The predicted molar refractivity (Wildman–Crippen MR) is 115 cm³/mol. The van der Waals surface area contributed by atoms with Gasteiger partial charge in [0, 0.05) is 19.2 Å². The molecule has 0 aliphatic carbocycles. The number of rotatable bonds is 11. The second-order valence-electron chi connectivity index (χ2n) is 7.60. The van der Waals surface area contributed by atoms with Gasteiger partial charge in [-0.05, 0) is 36.8 Å². The van der Waals surface area contributed by atoms with Crippen LogP contribution in [0.15, 0.2) is 41.3 Å². The van der Waals surface area contributed by atoms with Gasteiger partial charge in [0.2, 0.25) is 5.95 Å². The molecule has 0 radical (unpaired) electrons. The van der Waals surface area contributed by atoms with E-state index in [2.05, 4.69) is 53.0 Å². The van der Waals surface area contributed by atoms with E-state index in [9.17, 15) is 8.42 Å². The third-order valence-electron chi connectivity index (χ3n) is 4.06. The zero-order valence-corrected chi connectivity index (χ0v) is 17.9. The Labute approximate surface area is 168 Å². The summed E-state index contributed by atoms with van der Waals surface area (Å²) in [6, 6.07) is 10.0. The fourth-order valence-corrected chi connectivity index (χ4v) is 3.40. The van der Waals surface area contributed by atoms with Crippen molar-refractivity contribution in [3.63, 3.8) is 0 Å². The molecule has 0 fully saturated rings. The molecule has 7 nitrogen and oxygen atoms in total. The summed E-state index contributed by atoms with van der Waals surface area (Å²) in [7, 11) is -3.75. The maximum Gasteiger partial charge on any atom is 0.264 e. The number of hydrogen-bond donors (Lipinski definition) is 3. The third-order valence-corrected chi connectivity index (χ3v) is 5.40. The van der Waals surface area contributed by atoms with Crippen molar-refractivity contribution in [2.45, 2.75) is 45.4 Å². The molecule has 0 atom stereocenters. The smallest absolute Gasteiger partial charge is 0.264 e. The van der Waals surface area contributed by atoms with Gasteiger partial charge >= 0.3 is 0 Å². The molecule has 2 aromatic rings. The Morgan fingerprint density at radius 2 is 1.36 bits per heavy atom. The molecule has 0 saturated heterocycles. The summed E-state index contributed by atoms with van der Waals surface area (Å²) < 4.78 is 27.7. The number of aromatic nitrogens is 2. The van der Waals surface area contributed by atoms with Crippen molar-refractivity contribution >= 4 is 27.6 Å². The lowest BCUT2D eigenvalue weighted by Gasteiger charge is -2.14. The van der Waals surface area contributed by atoms with E-state index in [1.54, 1.807) is 24.3 Å². The fourth-order valence-electron chi connectivity index (χ4n) is 2.43. The first-order valence-corrected chi connectivity index (χ1v) is 11.2. The first-order valence-electron chi connectivity index (χ1n) is 9.71. The van der Waals surface area contributed by atoms with Gasteiger partial charge in [-0.25, -0.2) is 13.1 Å². The lowest BCUT2D eigenvalue weighted by molar-refractivity contribution is 0.601. The number of nitrogens with one attached hydrogen (secondary N) is 3. The molecule has 0 aliphatic heterocycles. The van der Waals surface area contributed by atoms with Gasteiger partial charge < -0.3 is 10.6 Å². The second kappa shape index (κ2) is 10.3. The van der Waals surface area contributed by atoms with Crippen LogP contribution >= 0.6 is 0 Å². The van der Waals surface area contributed by atoms with Gasteiger partial charge in [-0.15, -0.1) is 0 Å². The van der Waals surface area contributed by atoms with Crippen molar-refractivity contribution in [2.24, 2.45) is 11.8 Å². The van der Waals surface area contributed by atoms with Crippen LogP contribution in [-0.2, 0) is 10.0 Å². The predicted octanol–water partition coefficient (Wildman–Crippen LogP) is 4.19. The number of hydrogen-bond acceptors (Lipinski definition) is 6. The maximum absolute atomic E-state index is 12.6. The minimum atomic E-state index is -3.75. The maximum atomic E-state index is 12.6. The third kappa shape index (κ3) is 7.34. The van der Waals surface area contributed by atoms with Crippen molar-refractivity contribution in [1.29, 1.82) is 0 Å². The summed E-state index contributed by atoms with van der Waals surface area (Å²) >= 11 is 0. The lowest BCUT2D eigenvalue weighted by atomic mass is 10.1. The zero-order valence-electron chi connectivity index (χ0n) is 17.1. The summed E-state index contributed by atoms with van der Waals surface area (Å²) in [5.41, 5.74) is 0. The van der Waals surface area contributed by atoms with Crippen molar-refractivity contribution in [3.8, 4) is 0 Å². The Balaban J connectivity index is 2.20. The molecule has 0 bridgehead atoms. The topological polar surface area (TPSA) is 96.0 Å². The van der Waals surface area contributed by atoms with E-state index in [1.165, 1.54) is 12.1 Å². The SMILES string of the molecule is CC(C)CCNc1cc(NCCC(C)C)nc(NS(=O)(=O)c2ccccc2)n1. The van der Waals surface area contributed by atoms with Gasteiger partial charge in [-0.1, -0.05) is 45.9 Å². The van der Waals surface area contributed by atoms with Crippen LogP contribution in [0.3, 0.4) is 0 Å². The average molecular weight is 406 g/mol. The van der Waals surface area contributed by atoms with Gasteiger partial charge in [0.25, 0.3) is 10.0 Å². The van der Waals surface area contributed by atoms with Gasteiger partial charge in [-0.2, -0.15) is 9.97 Å². The first-order chi connectivity index (χ1) is 13.3. The van der Waals surface area contributed by atoms with E-state index in [4.69, 9.17) is 0 Å². The van der Waals surface area contributed by atoms with E-state index in [0.29, 0.717) is 23.5 Å². The highest BCUT2D eigenvalue weighted by molar-refractivity contribution is 7.92. The summed E-state index contributed by atoms with van der Waals surface area (Å²) in [6.45, 7) is 10.1. The monoisotopic (exact) mass is 405 g/mol. The van der Waals surface area contributed by atoms with Gasteiger partial charge in [0.1, 0.15) is 11.6 Å². The van der Waals surface area contributed by atoms with Crippen LogP contribution in [0, 0.1) is 11.8 Å².